The standard InChI is InChI=1S/C14H20N2O3S/c1-2-7-16(12-5-6-12)20(18,19)14-8-13(10-17)15(9-14)11-3-4-11/h2,8-9,11-12,17H,1,3-7,10H2. The highest BCUT2D eigenvalue weighted by atomic mass is 32.2. The molecular weight excluding hydrogens is 276 g/mol. The zero-order valence-electron chi connectivity index (χ0n) is 11.4. The van der Waals surface area contributed by atoms with E-state index in [0.29, 0.717) is 23.2 Å². The number of rotatable bonds is 7. The highest BCUT2D eigenvalue weighted by molar-refractivity contribution is 7.89. The Labute approximate surface area is 119 Å². The van der Waals surface area contributed by atoms with Gasteiger partial charge in [0.1, 0.15) is 4.90 Å². The van der Waals surface area contributed by atoms with Gasteiger partial charge in [0.05, 0.1) is 6.61 Å². The molecule has 0 radical (unpaired) electrons. The average Bonchev–Trinajstić information content (AvgIpc) is 3.33. The molecule has 1 aromatic heterocycles. The van der Waals surface area contributed by atoms with Gasteiger partial charge in [-0.3, -0.25) is 0 Å². The van der Waals surface area contributed by atoms with Gasteiger partial charge in [-0.2, -0.15) is 4.31 Å². The van der Waals surface area contributed by atoms with E-state index in [1.165, 1.54) is 4.31 Å². The average molecular weight is 296 g/mol. The van der Waals surface area contributed by atoms with Crippen LogP contribution in [0.4, 0.5) is 0 Å². The minimum Gasteiger partial charge on any atom is -0.390 e. The third-order valence-electron chi connectivity index (χ3n) is 3.88. The van der Waals surface area contributed by atoms with Gasteiger partial charge >= 0.3 is 0 Å². The maximum Gasteiger partial charge on any atom is 0.245 e. The van der Waals surface area contributed by atoms with Gasteiger partial charge in [-0.15, -0.1) is 6.58 Å². The van der Waals surface area contributed by atoms with Gasteiger partial charge in [-0.25, -0.2) is 8.42 Å². The third-order valence-corrected chi connectivity index (χ3v) is 5.76. The van der Waals surface area contributed by atoms with Gasteiger partial charge in [-0.1, -0.05) is 6.08 Å². The molecule has 20 heavy (non-hydrogen) atoms. The fourth-order valence-corrected chi connectivity index (χ4v) is 4.23. The molecule has 5 nitrogen and oxygen atoms in total. The molecule has 0 spiro atoms. The van der Waals surface area contributed by atoms with Crippen molar-refractivity contribution in [1.29, 1.82) is 0 Å². The van der Waals surface area contributed by atoms with Gasteiger partial charge in [-0.05, 0) is 31.7 Å². The Morgan fingerprint density at radius 1 is 1.40 bits per heavy atom. The van der Waals surface area contributed by atoms with Gasteiger partial charge < -0.3 is 9.67 Å². The molecule has 0 bridgehead atoms. The summed E-state index contributed by atoms with van der Waals surface area (Å²) in [6.07, 6.45) is 7.25. The number of aromatic nitrogens is 1. The van der Waals surface area contributed by atoms with Crippen molar-refractivity contribution in [3.05, 3.63) is 30.6 Å². The van der Waals surface area contributed by atoms with Crippen molar-refractivity contribution < 1.29 is 13.5 Å². The lowest BCUT2D eigenvalue weighted by Crippen LogP contribution is -2.33. The second-order valence-corrected chi connectivity index (χ2v) is 7.45. The molecule has 3 rings (SSSR count). The second-order valence-electron chi connectivity index (χ2n) is 5.56. The van der Waals surface area contributed by atoms with E-state index in [4.69, 9.17) is 0 Å². The van der Waals surface area contributed by atoms with Crippen molar-refractivity contribution in [3.63, 3.8) is 0 Å². The van der Waals surface area contributed by atoms with Crippen LogP contribution in [0.25, 0.3) is 0 Å². The van der Waals surface area contributed by atoms with Crippen molar-refractivity contribution in [2.75, 3.05) is 6.54 Å². The lowest BCUT2D eigenvalue weighted by atomic mass is 10.4. The first-order valence-corrected chi connectivity index (χ1v) is 8.46. The predicted molar refractivity (Wildman–Crippen MR) is 75.7 cm³/mol. The Bertz CT molecular complexity index is 612. The van der Waals surface area contributed by atoms with Crippen LogP contribution in [0.3, 0.4) is 0 Å². The molecule has 1 N–H and O–H groups in total. The lowest BCUT2D eigenvalue weighted by molar-refractivity contribution is 0.270. The third kappa shape index (κ3) is 2.43. The molecule has 0 aromatic carbocycles. The highest BCUT2D eigenvalue weighted by Crippen LogP contribution is 2.38. The first kappa shape index (κ1) is 13.9. The SMILES string of the molecule is C=CCN(C1CC1)S(=O)(=O)c1cc(CO)n(C2CC2)c1. The van der Waals surface area contributed by atoms with Crippen LogP contribution in [0.1, 0.15) is 37.4 Å². The number of hydrogen-bond acceptors (Lipinski definition) is 3. The van der Waals surface area contributed by atoms with Gasteiger partial charge in [0, 0.05) is 30.5 Å². The lowest BCUT2D eigenvalue weighted by Gasteiger charge is -2.19. The Balaban J connectivity index is 1.95. The summed E-state index contributed by atoms with van der Waals surface area (Å²) in [5, 5.41) is 9.39. The number of aliphatic hydroxyl groups excluding tert-OH is 1. The van der Waals surface area contributed by atoms with E-state index >= 15 is 0 Å². The normalized spacial score (nSPS) is 19.5. The molecule has 110 valence electrons. The maximum absolute atomic E-state index is 12.7. The Kier molecular flexibility index (Phi) is 3.48. The molecule has 2 saturated carbocycles. The monoisotopic (exact) mass is 296 g/mol. The second kappa shape index (κ2) is 5.02. The van der Waals surface area contributed by atoms with E-state index in [2.05, 4.69) is 6.58 Å². The van der Waals surface area contributed by atoms with E-state index in [0.717, 1.165) is 25.7 Å². The summed E-state index contributed by atoms with van der Waals surface area (Å²) in [5.74, 6) is 0. The summed E-state index contributed by atoms with van der Waals surface area (Å²) in [5.41, 5.74) is 0.681. The van der Waals surface area contributed by atoms with Crippen LogP contribution in [0, 0.1) is 0 Å². The number of sulfonamides is 1. The zero-order valence-corrected chi connectivity index (χ0v) is 12.2. The Morgan fingerprint density at radius 3 is 2.60 bits per heavy atom. The van der Waals surface area contributed by atoms with Crippen LogP contribution in [0.5, 0.6) is 0 Å². The molecule has 2 fully saturated rings. The van der Waals surface area contributed by atoms with E-state index in [1.54, 1.807) is 18.3 Å². The quantitative estimate of drug-likeness (QED) is 0.778. The van der Waals surface area contributed by atoms with E-state index < -0.39 is 10.0 Å². The van der Waals surface area contributed by atoms with Crippen molar-refractivity contribution >= 4 is 10.0 Å². The molecular formula is C14H20N2O3S. The first-order valence-electron chi connectivity index (χ1n) is 7.02. The highest BCUT2D eigenvalue weighted by Gasteiger charge is 2.38. The van der Waals surface area contributed by atoms with Gasteiger partial charge in [0.15, 0.2) is 0 Å². The Hall–Kier alpha value is -1.11. The molecule has 0 aliphatic heterocycles. The van der Waals surface area contributed by atoms with Crippen molar-refractivity contribution in [1.82, 2.24) is 8.87 Å². The zero-order chi connectivity index (χ0) is 14.3. The Morgan fingerprint density at radius 2 is 2.10 bits per heavy atom. The predicted octanol–water partition coefficient (Wildman–Crippen LogP) is 1.65. The van der Waals surface area contributed by atoms with E-state index in [1.807, 2.05) is 4.57 Å². The summed E-state index contributed by atoms with van der Waals surface area (Å²) < 4.78 is 28.9. The van der Waals surface area contributed by atoms with Crippen molar-refractivity contribution in [2.24, 2.45) is 0 Å². The van der Waals surface area contributed by atoms with Gasteiger partial charge in [0.2, 0.25) is 10.0 Å². The fourth-order valence-electron chi connectivity index (χ4n) is 2.53. The van der Waals surface area contributed by atoms with Crippen LogP contribution in [0.15, 0.2) is 29.8 Å². The fraction of sp³-hybridized carbons (Fsp3) is 0.571. The van der Waals surface area contributed by atoms with Crippen molar-refractivity contribution in [3.8, 4) is 0 Å². The molecule has 0 saturated heterocycles. The molecule has 2 aliphatic rings. The smallest absolute Gasteiger partial charge is 0.245 e. The van der Waals surface area contributed by atoms with E-state index in [-0.39, 0.29) is 12.6 Å². The topological polar surface area (TPSA) is 62.5 Å². The molecule has 1 heterocycles. The summed E-state index contributed by atoms with van der Waals surface area (Å²) in [7, 11) is -3.49. The van der Waals surface area contributed by atoms with Crippen LogP contribution in [-0.2, 0) is 16.6 Å². The molecule has 6 heteroatoms. The van der Waals surface area contributed by atoms with Crippen LogP contribution < -0.4 is 0 Å². The molecule has 0 unspecified atom stereocenters. The van der Waals surface area contributed by atoms with Gasteiger partial charge in [0.25, 0.3) is 0 Å². The van der Waals surface area contributed by atoms with Crippen LogP contribution >= 0.6 is 0 Å². The summed E-state index contributed by atoms with van der Waals surface area (Å²) in [6.45, 7) is 3.86. The number of nitrogens with zero attached hydrogens (tertiary/aromatic N) is 2. The molecule has 0 atom stereocenters. The largest absolute Gasteiger partial charge is 0.390 e. The molecule has 0 amide bonds. The summed E-state index contributed by atoms with van der Waals surface area (Å²) in [6, 6.07) is 2.07. The van der Waals surface area contributed by atoms with E-state index in [9.17, 15) is 13.5 Å². The maximum atomic E-state index is 12.7. The summed E-state index contributed by atoms with van der Waals surface area (Å²) in [4.78, 5) is 0.294. The summed E-state index contributed by atoms with van der Waals surface area (Å²) >= 11 is 0. The molecule has 1 aromatic rings. The number of hydrogen-bond donors (Lipinski definition) is 1. The van der Waals surface area contributed by atoms with Crippen LogP contribution in [0.2, 0.25) is 0 Å². The van der Waals surface area contributed by atoms with Crippen LogP contribution in [-0.4, -0.2) is 35.0 Å². The first-order chi connectivity index (χ1) is 9.57. The minimum absolute atomic E-state index is 0.111. The molecule has 2 aliphatic carbocycles. The minimum atomic E-state index is -3.49. The van der Waals surface area contributed by atoms with Crippen molar-refractivity contribution in [2.45, 2.75) is 49.3 Å². The number of aliphatic hydroxyl groups is 1.